The number of pyridine rings is 1. The van der Waals surface area contributed by atoms with E-state index >= 15 is 0 Å². The van der Waals surface area contributed by atoms with E-state index in [-0.39, 0.29) is 18.4 Å². The van der Waals surface area contributed by atoms with Crippen LogP contribution >= 0.6 is 0 Å². The molecule has 3 heterocycles. The molecular weight excluding hydrogens is 367 g/mol. The Hall–Kier alpha value is -1.63. The molecule has 1 aromatic heterocycles. The average molecular weight is 395 g/mol. The zero-order valence-electron chi connectivity index (χ0n) is 16.3. The van der Waals surface area contributed by atoms with Gasteiger partial charge in [0.1, 0.15) is 0 Å². The minimum absolute atomic E-state index is 0.00235. The summed E-state index contributed by atoms with van der Waals surface area (Å²) < 4.78 is 38.9. The summed E-state index contributed by atoms with van der Waals surface area (Å²) in [5.74, 6) is 0.829. The van der Waals surface area contributed by atoms with Crippen LogP contribution in [-0.2, 0) is 23.9 Å². The molecule has 2 fully saturated rings. The molecule has 0 radical (unpaired) electrons. The molecule has 0 aromatic carbocycles. The molecule has 4 rings (SSSR count). The van der Waals surface area contributed by atoms with Gasteiger partial charge in [0.05, 0.1) is 5.56 Å². The van der Waals surface area contributed by atoms with Crippen molar-refractivity contribution in [1.29, 1.82) is 0 Å². The van der Waals surface area contributed by atoms with E-state index in [1.54, 1.807) is 4.90 Å². The fourth-order valence-corrected chi connectivity index (χ4v) is 5.10. The quantitative estimate of drug-likeness (QED) is 0.762. The fraction of sp³-hybridized carbons (Fsp3) is 0.714. The summed E-state index contributed by atoms with van der Waals surface area (Å²) in [5.41, 5.74) is 0.484. The van der Waals surface area contributed by atoms with E-state index in [0.717, 1.165) is 50.5 Å². The number of likely N-dealkylation sites (tertiary alicyclic amines) is 1. The van der Waals surface area contributed by atoms with Crippen molar-refractivity contribution in [2.24, 2.45) is 11.8 Å². The highest BCUT2D eigenvalue weighted by Gasteiger charge is 2.38. The molecule has 1 saturated heterocycles. The van der Waals surface area contributed by atoms with Crippen LogP contribution in [0.1, 0.15) is 55.8 Å². The highest BCUT2D eigenvalue weighted by molar-refractivity contribution is 5.79. The van der Waals surface area contributed by atoms with Gasteiger partial charge in [-0.05, 0) is 56.2 Å². The zero-order chi connectivity index (χ0) is 19.9. The van der Waals surface area contributed by atoms with E-state index in [1.165, 1.54) is 12.8 Å². The van der Waals surface area contributed by atoms with Gasteiger partial charge in [-0.1, -0.05) is 6.92 Å². The molecule has 1 saturated carbocycles. The van der Waals surface area contributed by atoms with E-state index < -0.39 is 11.7 Å². The van der Waals surface area contributed by atoms with Gasteiger partial charge in [-0.25, -0.2) is 0 Å². The van der Waals surface area contributed by atoms with Crippen LogP contribution in [0.15, 0.2) is 12.3 Å². The third kappa shape index (κ3) is 4.04. The van der Waals surface area contributed by atoms with E-state index in [2.05, 4.69) is 16.8 Å². The van der Waals surface area contributed by atoms with Gasteiger partial charge < -0.3 is 9.80 Å². The van der Waals surface area contributed by atoms with Gasteiger partial charge in [-0.3, -0.25) is 9.78 Å². The third-order valence-corrected chi connectivity index (χ3v) is 6.64. The molecule has 1 aromatic rings. The molecule has 0 N–H and O–H groups in total. The predicted molar refractivity (Wildman–Crippen MR) is 99.5 cm³/mol. The Bertz CT molecular complexity index is 736. The van der Waals surface area contributed by atoms with Gasteiger partial charge in [-0.15, -0.1) is 0 Å². The molecule has 7 heteroatoms. The van der Waals surface area contributed by atoms with Crippen molar-refractivity contribution in [2.45, 2.75) is 64.2 Å². The minimum atomic E-state index is -4.40. The number of amides is 1. The van der Waals surface area contributed by atoms with E-state index in [4.69, 9.17) is 0 Å². The maximum Gasteiger partial charge on any atom is 0.417 e. The van der Waals surface area contributed by atoms with Crippen molar-refractivity contribution in [3.05, 3.63) is 29.1 Å². The lowest BCUT2D eigenvalue weighted by molar-refractivity contribution is -0.137. The number of hydrogen-bond donors (Lipinski definition) is 0. The van der Waals surface area contributed by atoms with Gasteiger partial charge in [0.2, 0.25) is 5.91 Å². The van der Waals surface area contributed by atoms with E-state index in [9.17, 15) is 18.0 Å². The van der Waals surface area contributed by atoms with Crippen LogP contribution < -0.4 is 0 Å². The summed E-state index contributed by atoms with van der Waals surface area (Å²) in [4.78, 5) is 21.3. The molecule has 3 aliphatic rings. The van der Waals surface area contributed by atoms with Crippen LogP contribution in [0, 0.1) is 11.8 Å². The van der Waals surface area contributed by atoms with Crippen molar-refractivity contribution in [1.82, 2.24) is 14.8 Å². The second-order valence-electron chi connectivity index (χ2n) is 8.74. The first-order valence-corrected chi connectivity index (χ1v) is 10.4. The predicted octanol–water partition coefficient (Wildman–Crippen LogP) is 3.89. The molecule has 4 nitrogen and oxygen atoms in total. The lowest BCUT2D eigenvalue weighted by atomic mass is 9.97. The third-order valence-electron chi connectivity index (χ3n) is 6.64. The number of piperidine rings is 1. The van der Waals surface area contributed by atoms with Crippen LogP contribution in [0.25, 0.3) is 0 Å². The second-order valence-corrected chi connectivity index (χ2v) is 8.74. The van der Waals surface area contributed by atoms with Gasteiger partial charge in [0.25, 0.3) is 0 Å². The Balaban J connectivity index is 1.40. The summed E-state index contributed by atoms with van der Waals surface area (Å²) in [6, 6.07) is 1.64. The maximum atomic E-state index is 13.0. The minimum Gasteiger partial charge on any atom is -0.338 e. The Labute approximate surface area is 164 Å². The van der Waals surface area contributed by atoms with E-state index in [0.29, 0.717) is 30.3 Å². The number of alkyl halides is 3. The number of carbonyl (C=O) groups is 1. The average Bonchev–Trinajstić information content (AvgIpc) is 3.16. The lowest BCUT2D eigenvalue weighted by Crippen LogP contribution is -2.42. The molecule has 1 amide bonds. The smallest absolute Gasteiger partial charge is 0.338 e. The Morgan fingerprint density at radius 2 is 2.04 bits per heavy atom. The van der Waals surface area contributed by atoms with Crippen molar-refractivity contribution >= 4 is 5.91 Å². The first-order chi connectivity index (χ1) is 13.3. The normalized spacial score (nSPS) is 29.0. The molecule has 154 valence electrons. The van der Waals surface area contributed by atoms with Gasteiger partial charge in [0, 0.05) is 49.9 Å². The Morgan fingerprint density at radius 3 is 2.79 bits per heavy atom. The van der Waals surface area contributed by atoms with Gasteiger partial charge in [0.15, 0.2) is 0 Å². The topological polar surface area (TPSA) is 36.4 Å². The number of rotatable bonds is 2. The molecule has 3 unspecified atom stereocenters. The van der Waals surface area contributed by atoms with E-state index in [1.807, 2.05) is 0 Å². The number of fused-ring (bicyclic) bond motifs is 1. The van der Waals surface area contributed by atoms with Crippen molar-refractivity contribution < 1.29 is 18.0 Å². The highest BCUT2D eigenvalue weighted by atomic mass is 19.4. The summed E-state index contributed by atoms with van der Waals surface area (Å²) in [6.07, 6.45) is 2.36. The standard InChI is InChI=1S/C21H28F3N3O/c1-14-3-2-7-26(12-14)18-5-4-15(10-18)20(28)27-8-6-19-16(13-27)9-17(11-25-19)21(22,23)24/h9,11,14-15,18H,2-8,10,12-13H2,1H3. The monoisotopic (exact) mass is 395 g/mol. The van der Waals surface area contributed by atoms with Crippen molar-refractivity contribution in [3.63, 3.8) is 0 Å². The number of nitrogens with zero attached hydrogens (tertiary/aromatic N) is 3. The fourth-order valence-electron chi connectivity index (χ4n) is 5.10. The number of hydrogen-bond acceptors (Lipinski definition) is 3. The summed E-state index contributed by atoms with van der Waals surface area (Å²) in [5, 5.41) is 0. The SMILES string of the molecule is CC1CCCN(C2CCC(C(=O)N3CCc4ncc(C(F)(F)F)cc4C3)C2)C1. The van der Waals surface area contributed by atoms with Crippen LogP contribution in [0.5, 0.6) is 0 Å². The van der Waals surface area contributed by atoms with Crippen LogP contribution in [-0.4, -0.2) is 46.4 Å². The number of halogens is 3. The molecule has 3 atom stereocenters. The molecule has 2 aliphatic heterocycles. The van der Waals surface area contributed by atoms with Crippen molar-refractivity contribution in [2.75, 3.05) is 19.6 Å². The Kier molecular flexibility index (Phi) is 5.38. The molecular formula is C21H28F3N3O. The second kappa shape index (κ2) is 7.65. The van der Waals surface area contributed by atoms with Crippen LogP contribution in [0.2, 0.25) is 0 Å². The van der Waals surface area contributed by atoms with Gasteiger partial charge in [-0.2, -0.15) is 13.2 Å². The van der Waals surface area contributed by atoms with Crippen LogP contribution in [0.3, 0.4) is 0 Å². The summed E-state index contributed by atoms with van der Waals surface area (Å²) in [6.45, 7) is 5.32. The first-order valence-electron chi connectivity index (χ1n) is 10.4. The maximum absolute atomic E-state index is 13.0. The molecule has 28 heavy (non-hydrogen) atoms. The zero-order valence-corrected chi connectivity index (χ0v) is 16.3. The molecule has 0 spiro atoms. The molecule has 1 aliphatic carbocycles. The summed E-state index contributed by atoms with van der Waals surface area (Å²) >= 11 is 0. The van der Waals surface area contributed by atoms with Gasteiger partial charge >= 0.3 is 6.18 Å². The first kappa shape index (κ1) is 19.7. The van der Waals surface area contributed by atoms with Crippen LogP contribution in [0.4, 0.5) is 13.2 Å². The lowest BCUT2D eigenvalue weighted by Gasteiger charge is -2.36. The number of carbonyl (C=O) groups excluding carboxylic acids is 1. The van der Waals surface area contributed by atoms with Crippen molar-refractivity contribution in [3.8, 4) is 0 Å². The number of aromatic nitrogens is 1. The largest absolute Gasteiger partial charge is 0.417 e. The molecule has 0 bridgehead atoms. The highest BCUT2D eigenvalue weighted by Crippen LogP contribution is 2.35. The summed E-state index contributed by atoms with van der Waals surface area (Å²) in [7, 11) is 0. The Morgan fingerprint density at radius 1 is 1.21 bits per heavy atom.